The fourth-order valence-corrected chi connectivity index (χ4v) is 5.66. The maximum atomic E-state index is 15.7. The molecule has 8 heteroatoms. The first-order valence-electron chi connectivity index (χ1n) is 15.0. The SMILES string of the molecule is CCCCC(CC(CC(C)N(F)CCc1ccccc1)C(CC)CC(C(=O)O)C(=O)O)N(F)CCc1ccccc1. The number of unbranched alkanes of at least 4 members (excludes halogenated alkanes) is 1. The number of rotatable bonds is 21. The quantitative estimate of drug-likeness (QED) is 0.120. The highest BCUT2D eigenvalue weighted by Crippen LogP contribution is 2.35. The third-order valence-electron chi connectivity index (χ3n) is 8.22. The molecule has 0 aromatic heterocycles. The normalized spacial score (nSPS) is 14.7. The minimum absolute atomic E-state index is 0.0638. The Balaban J connectivity index is 2.22. The molecule has 2 N–H and O–H groups in total. The largest absolute Gasteiger partial charge is 0.481 e. The van der Waals surface area contributed by atoms with Crippen molar-refractivity contribution in [1.29, 1.82) is 0 Å². The Labute approximate surface area is 244 Å². The predicted octanol–water partition coefficient (Wildman–Crippen LogP) is 7.39. The molecule has 0 aliphatic carbocycles. The second-order valence-corrected chi connectivity index (χ2v) is 11.2. The van der Waals surface area contributed by atoms with E-state index in [2.05, 4.69) is 6.92 Å². The number of hydrogen-bond donors (Lipinski definition) is 2. The summed E-state index contributed by atoms with van der Waals surface area (Å²) in [5, 5.41) is 20.8. The van der Waals surface area contributed by atoms with Gasteiger partial charge in [-0.3, -0.25) is 9.59 Å². The Morgan fingerprint density at radius 3 is 1.73 bits per heavy atom. The molecule has 0 aliphatic heterocycles. The minimum Gasteiger partial charge on any atom is -0.481 e. The van der Waals surface area contributed by atoms with Gasteiger partial charge < -0.3 is 10.2 Å². The van der Waals surface area contributed by atoms with Crippen LogP contribution in [0, 0.1) is 17.8 Å². The van der Waals surface area contributed by atoms with Crippen molar-refractivity contribution in [2.24, 2.45) is 17.8 Å². The van der Waals surface area contributed by atoms with Gasteiger partial charge in [-0.1, -0.05) is 93.8 Å². The molecule has 0 aliphatic rings. The minimum atomic E-state index is -1.55. The Morgan fingerprint density at radius 1 is 0.756 bits per heavy atom. The molecule has 0 saturated heterocycles. The van der Waals surface area contributed by atoms with Crippen molar-refractivity contribution in [2.45, 2.75) is 90.6 Å². The third-order valence-corrected chi connectivity index (χ3v) is 8.22. The van der Waals surface area contributed by atoms with E-state index in [9.17, 15) is 19.8 Å². The van der Waals surface area contributed by atoms with Gasteiger partial charge in [0.05, 0.1) is 0 Å². The number of aliphatic carboxylic acids is 2. The van der Waals surface area contributed by atoms with E-state index in [1.807, 2.05) is 67.6 Å². The van der Waals surface area contributed by atoms with E-state index in [1.54, 1.807) is 6.92 Å². The Kier molecular flexibility index (Phi) is 15.6. The van der Waals surface area contributed by atoms with E-state index in [-0.39, 0.29) is 31.3 Å². The Hall–Kier alpha value is -2.84. The third kappa shape index (κ3) is 12.3. The molecule has 41 heavy (non-hydrogen) atoms. The first-order valence-corrected chi connectivity index (χ1v) is 15.0. The summed E-state index contributed by atoms with van der Waals surface area (Å²) < 4.78 is 31.0. The first-order chi connectivity index (χ1) is 19.7. The maximum Gasteiger partial charge on any atom is 0.317 e. The van der Waals surface area contributed by atoms with Crippen LogP contribution in [0.5, 0.6) is 0 Å². The second-order valence-electron chi connectivity index (χ2n) is 11.2. The molecule has 0 heterocycles. The van der Waals surface area contributed by atoms with Crippen LogP contribution in [-0.2, 0) is 22.4 Å². The molecule has 4 atom stereocenters. The van der Waals surface area contributed by atoms with Crippen LogP contribution >= 0.6 is 0 Å². The lowest BCUT2D eigenvalue weighted by atomic mass is 9.76. The molecule has 6 nitrogen and oxygen atoms in total. The molecule has 0 radical (unpaired) electrons. The van der Waals surface area contributed by atoms with Crippen molar-refractivity contribution in [3.05, 3.63) is 71.8 Å². The highest BCUT2D eigenvalue weighted by molar-refractivity contribution is 5.92. The van der Waals surface area contributed by atoms with Crippen molar-refractivity contribution in [2.75, 3.05) is 13.1 Å². The summed E-state index contributed by atoms with van der Waals surface area (Å²) in [5.41, 5.74) is 2.07. The highest BCUT2D eigenvalue weighted by atomic mass is 19.2. The highest BCUT2D eigenvalue weighted by Gasteiger charge is 2.35. The van der Waals surface area contributed by atoms with E-state index < -0.39 is 29.9 Å². The number of benzene rings is 2. The van der Waals surface area contributed by atoms with Gasteiger partial charge in [0, 0.05) is 25.2 Å². The molecule has 2 rings (SSSR count). The summed E-state index contributed by atoms with van der Waals surface area (Å²) in [5.74, 6) is -4.86. The average Bonchev–Trinajstić information content (AvgIpc) is 2.97. The zero-order valence-corrected chi connectivity index (χ0v) is 24.8. The fourth-order valence-electron chi connectivity index (χ4n) is 5.66. The molecule has 0 amide bonds. The van der Waals surface area contributed by atoms with Crippen molar-refractivity contribution in [3.8, 4) is 0 Å². The van der Waals surface area contributed by atoms with Gasteiger partial charge in [-0.25, -0.2) is 0 Å². The molecule has 2 aromatic carbocycles. The van der Waals surface area contributed by atoms with Crippen molar-refractivity contribution >= 4 is 11.9 Å². The zero-order valence-electron chi connectivity index (χ0n) is 24.8. The van der Waals surface area contributed by atoms with Gasteiger partial charge in [-0.05, 0) is 68.4 Å². The number of carbonyl (C=O) groups is 2. The summed E-state index contributed by atoms with van der Waals surface area (Å²) in [6, 6.07) is 18.5. The lowest BCUT2D eigenvalue weighted by molar-refractivity contribution is -0.155. The van der Waals surface area contributed by atoms with Crippen LogP contribution in [0.15, 0.2) is 60.7 Å². The van der Waals surface area contributed by atoms with Gasteiger partial charge >= 0.3 is 11.9 Å². The number of halogens is 2. The number of hydrogen-bond acceptors (Lipinski definition) is 4. The summed E-state index contributed by atoms with van der Waals surface area (Å²) in [4.78, 5) is 23.5. The summed E-state index contributed by atoms with van der Waals surface area (Å²) >= 11 is 0. The number of carboxylic acid groups (broad SMARTS) is 2. The smallest absolute Gasteiger partial charge is 0.317 e. The lowest BCUT2D eigenvalue weighted by Crippen LogP contribution is -2.38. The molecule has 0 fully saturated rings. The average molecular weight is 575 g/mol. The lowest BCUT2D eigenvalue weighted by Gasteiger charge is -2.35. The van der Waals surface area contributed by atoms with Crippen molar-refractivity contribution in [3.63, 3.8) is 0 Å². The summed E-state index contributed by atoms with van der Waals surface area (Å²) in [7, 11) is 0. The molecule has 0 bridgehead atoms. The van der Waals surface area contributed by atoms with Crippen LogP contribution in [0.4, 0.5) is 8.96 Å². The van der Waals surface area contributed by atoms with Gasteiger partial charge in [0.25, 0.3) is 0 Å². The van der Waals surface area contributed by atoms with Gasteiger partial charge in [0.15, 0.2) is 5.92 Å². The Morgan fingerprint density at radius 2 is 1.27 bits per heavy atom. The number of nitrogens with zero attached hydrogens (tertiary/aromatic N) is 2. The van der Waals surface area contributed by atoms with Gasteiger partial charge in [0.1, 0.15) is 0 Å². The number of carboxylic acids is 2. The molecule has 228 valence electrons. The van der Waals surface area contributed by atoms with Gasteiger partial charge in [-0.15, -0.1) is 19.2 Å². The van der Waals surface area contributed by atoms with E-state index in [0.717, 1.165) is 34.2 Å². The van der Waals surface area contributed by atoms with Crippen molar-refractivity contribution in [1.82, 2.24) is 10.2 Å². The van der Waals surface area contributed by atoms with Crippen LogP contribution in [0.2, 0.25) is 0 Å². The molecular weight excluding hydrogens is 526 g/mol. The maximum absolute atomic E-state index is 15.7. The summed E-state index contributed by atoms with van der Waals surface area (Å²) in [6.45, 7) is 6.16. The van der Waals surface area contributed by atoms with Crippen LogP contribution in [0.25, 0.3) is 0 Å². The Bertz CT molecular complexity index is 997. The first kappa shape index (κ1) is 34.4. The van der Waals surface area contributed by atoms with E-state index in [1.165, 1.54) is 0 Å². The van der Waals surface area contributed by atoms with Crippen LogP contribution in [-0.4, -0.2) is 57.6 Å². The molecule has 0 spiro atoms. The molecular formula is C33H48F2N2O4. The fraction of sp³-hybridized carbons (Fsp3) is 0.576. The zero-order chi connectivity index (χ0) is 30.2. The standard InChI is InChI=1S/C33H48F2N2O4/c1-4-6-17-30(37(35)21-19-27-15-11-8-12-16-27)23-29(28(5-2)24-31(32(38)39)33(40)41)22-25(3)36(34)20-18-26-13-9-7-10-14-26/h7-16,25,28-31H,4-6,17-24H2,1-3H3,(H,38,39)(H,40,41). The molecule has 2 aromatic rings. The summed E-state index contributed by atoms with van der Waals surface area (Å²) in [6.07, 6.45) is 4.70. The van der Waals surface area contributed by atoms with E-state index in [4.69, 9.17) is 0 Å². The van der Waals surface area contributed by atoms with E-state index >= 15 is 8.96 Å². The van der Waals surface area contributed by atoms with E-state index in [0.29, 0.717) is 38.5 Å². The van der Waals surface area contributed by atoms with Crippen LogP contribution in [0.3, 0.4) is 0 Å². The molecule has 0 saturated carbocycles. The topological polar surface area (TPSA) is 81.1 Å². The van der Waals surface area contributed by atoms with Gasteiger partial charge in [0.2, 0.25) is 0 Å². The van der Waals surface area contributed by atoms with Crippen LogP contribution < -0.4 is 0 Å². The van der Waals surface area contributed by atoms with Gasteiger partial charge in [-0.2, -0.15) is 0 Å². The second kappa shape index (κ2) is 18.6. The van der Waals surface area contributed by atoms with Crippen molar-refractivity contribution < 1.29 is 28.8 Å². The molecule has 4 unspecified atom stereocenters. The van der Waals surface area contributed by atoms with Crippen LogP contribution in [0.1, 0.15) is 76.8 Å². The predicted molar refractivity (Wildman–Crippen MR) is 159 cm³/mol. The monoisotopic (exact) mass is 574 g/mol.